The predicted molar refractivity (Wildman–Crippen MR) is 69.2 cm³/mol. The Morgan fingerprint density at radius 1 is 1.19 bits per heavy atom. The van der Waals surface area contributed by atoms with E-state index in [-0.39, 0.29) is 0 Å². The van der Waals surface area contributed by atoms with Crippen LogP contribution in [0.3, 0.4) is 0 Å². The topological polar surface area (TPSA) is 12.5 Å². The summed E-state index contributed by atoms with van der Waals surface area (Å²) in [5.41, 5.74) is 1.23. The molecule has 0 spiro atoms. The Labute approximate surface area is 103 Å². The molecule has 0 saturated heterocycles. The summed E-state index contributed by atoms with van der Waals surface area (Å²) >= 11 is 6.13. The van der Waals surface area contributed by atoms with Gasteiger partial charge in [0.2, 0.25) is 0 Å². The number of ether oxygens (including phenoxy) is 1. The lowest BCUT2D eigenvalue weighted by Gasteiger charge is -2.18. The quantitative estimate of drug-likeness (QED) is 0.755. The van der Waals surface area contributed by atoms with Gasteiger partial charge in [0, 0.05) is 6.54 Å². The second-order valence-electron chi connectivity index (χ2n) is 3.66. The first-order chi connectivity index (χ1) is 7.71. The minimum Gasteiger partial charge on any atom is -0.492 e. The first kappa shape index (κ1) is 13.3. The van der Waals surface area contributed by atoms with E-state index in [2.05, 4.69) is 24.8 Å². The molecule has 2 nitrogen and oxygen atoms in total. The summed E-state index contributed by atoms with van der Waals surface area (Å²) in [6.45, 7) is 10.00. The van der Waals surface area contributed by atoms with Gasteiger partial charge in [-0.1, -0.05) is 31.5 Å². The maximum absolute atomic E-state index is 6.13. The Hall–Kier alpha value is -0.730. The maximum Gasteiger partial charge on any atom is 0.137 e. The highest BCUT2D eigenvalue weighted by Gasteiger charge is 2.05. The van der Waals surface area contributed by atoms with Crippen LogP contribution < -0.4 is 4.74 Å². The highest BCUT2D eigenvalue weighted by molar-refractivity contribution is 6.32. The van der Waals surface area contributed by atoms with Crippen LogP contribution in [0.1, 0.15) is 26.3 Å². The minimum atomic E-state index is 0.648. The molecule has 0 unspecified atom stereocenters. The molecule has 0 bridgehead atoms. The number of nitrogens with zero attached hydrogens (tertiary/aromatic N) is 1. The van der Waals surface area contributed by atoms with Gasteiger partial charge >= 0.3 is 0 Å². The van der Waals surface area contributed by atoms with Crippen molar-refractivity contribution in [2.45, 2.75) is 27.3 Å². The molecule has 0 amide bonds. The number of rotatable bonds is 6. The normalized spacial score (nSPS) is 10.8. The smallest absolute Gasteiger partial charge is 0.137 e. The summed E-state index contributed by atoms with van der Waals surface area (Å²) in [6, 6.07) is 6.02. The fourth-order valence-electron chi connectivity index (χ4n) is 1.62. The number of halogens is 1. The molecule has 0 aliphatic heterocycles. The number of hydrogen-bond donors (Lipinski definition) is 0. The standard InChI is InChI=1S/C13H20ClNO/c1-4-15(5-2)10-11-7-8-13(16-6-3)12(14)9-11/h7-9H,4-6,10H2,1-3H3. The van der Waals surface area contributed by atoms with Crippen molar-refractivity contribution in [1.29, 1.82) is 0 Å². The van der Waals surface area contributed by atoms with Gasteiger partial charge in [0.25, 0.3) is 0 Å². The van der Waals surface area contributed by atoms with E-state index in [0.717, 1.165) is 25.4 Å². The molecular formula is C13H20ClNO. The maximum atomic E-state index is 6.13. The Balaban J connectivity index is 2.72. The molecular weight excluding hydrogens is 222 g/mol. The van der Waals surface area contributed by atoms with Crippen LogP contribution in [0.25, 0.3) is 0 Å². The van der Waals surface area contributed by atoms with Gasteiger partial charge in [-0.2, -0.15) is 0 Å². The predicted octanol–water partition coefficient (Wildman–Crippen LogP) is 3.58. The van der Waals surface area contributed by atoms with Crippen molar-refractivity contribution in [3.05, 3.63) is 28.8 Å². The number of hydrogen-bond acceptors (Lipinski definition) is 2. The van der Waals surface area contributed by atoms with E-state index in [1.165, 1.54) is 5.56 Å². The third-order valence-electron chi connectivity index (χ3n) is 2.60. The van der Waals surface area contributed by atoms with Crippen LogP contribution in [0.15, 0.2) is 18.2 Å². The van der Waals surface area contributed by atoms with Gasteiger partial charge in [-0.05, 0) is 37.7 Å². The second-order valence-corrected chi connectivity index (χ2v) is 4.07. The highest BCUT2D eigenvalue weighted by Crippen LogP contribution is 2.25. The lowest BCUT2D eigenvalue weighted by Crippen LogP contribution is -2.22. The van der Waals surface area contributed by atoms with E-state index in [9.17, 15) is 0 Å². The van der Waals surface area contributed by atoms with Crippen LogP contribution in [0.5, 0.6) is 5.75 Å². The van der Waals surface area contributed by atoms with Crippen molar-refractivity contribution in [3.8, 4) is 5.75 Å². The van der Waals surface area contributed by atoms with Crippen LogP contribution in [0.2, 0.25) is 5.02 Å². The molecule has 16 heavy (non-hydrogen) atoms. The highest BCUT2D eigenvalue weighted by atomic mass is 35.5. The average molecular weight is 242 g/mol. The van der Waals surface area contributed by atoms with E-state index in [4.69, 9.17) is 16.3 Å². The van der Waals surface area contributed by atoms with Crippen molar-refractivity contribution in [2.24, 2.45) is 0 Å². The van der Waals surface area contributed by atoms with Gasteiger partial charge in [0.15, 0.2) is 0 Å². The fraction of sp³-hybridized carbons (Fsp3) is 0.538. The van der Waals surface area contributed by atoms with E-state index in [1.807, 2.05) is 19.1 Å². The Bertz CT molecular complexity index is 324. The summed E-state index contributed by atoms with van der Waals surface area (Å²) in [7, 11) is 0. The zero-order chi connectivity index (χ0) is 12.0. The minimum absolute atomic E-state index is 0.648. The van der Waals surface area contributed by atoms with Gasteiger partial charge in [-0.15, -0.1) is 0 Å². The summed E-state index contributed by atoms with van der Waals surface area (Å²) in [5.74, 6) is 0.771. The number of benzene rings is 1. The lowest BCUT2D eigenvalue weighted by atomic mass is 10.2. The summed E-state index contributed by atoms with van der Waals surface area (Å²) in [5, 5.41) is 0.700. The van der Waals surface area contributed by atoms with Crippen LogP contribution in [-0.4, -0.2) is 24.6 Å². The lowest BCUT2D eigenvalue weighted by molar-refractivity contribution is 0.295. The molecule has 0 radical (unpaired) electrons. The van der Waals surface area contributed by atoms with Gasteiger partial charge in [-0.25, -0.2) is 0 Å². The molecule has 0 heterocycles. The van der Waals surface area contributed by atoms with Crippen LogP contribution in [-0.2, 0) is 6.54 Å². The molecule has 0 aromatic heterocycles. The van der Waals surface area contributed by atoms with Crippen molar-refractivity contribution in [2.75, 3.05) is 19.7 Å². The monoisotopic (exact) mass is 241 g/mol. The van der Waals surface area contributed by atoms with E-state index >= 15 is 0 Å². The van der Waals surface area contributed by atoms with Gasteiger partial charge in [0.1, 0.15) is 5.75 Å². The Morgan fingerprint density at radius 2 is 1.88 bits per heavy atom. The first-order valence-corrected chi connectivity index (χ1v) is 6.22. The molecule has 0 atom stereocenters. The van der Waals surface area contributed by atoms with E-state index in [0.29, 0.717) is 11.6 Å². The third kappa shape index (κ3) is 3.69. The average Bonchev–Trinajstić information content (AvgIpc) is 2.29. The molecule has 0 saturated carbocycles. The molecule has 90 valence electrons. The molecule has 1 aromatic rings. The summed E-state index contributed by atoms with van der Waals surface area (Å²) in [6.07, 6.45) is 0. The van der Waals surface area contributed by atoms with Crippen molar-refractivity contribution in [1.82, 2.24) is 4.90 Å². The fourth-order valence-corrected chi connectivity index (χ4v) is 1.88. The molecule has 1 rings (SSSR count). The Kier molecular flexibility index (Phi) is 5.64. The third-order valence-corrected chi connectivity index (χ3v) is 2.89. The molecule has 0 fully saturated rings. The summed E-state index contributed by atoms with van der Waals surface area (Å²) < 4.78 is 5.40. The molecule has 0 N–H and O–H groups in total. The largest absolute Gasteiger partial charge is 0.492 e. The Morgan fingerprint density at radius 3 is 2.38 bits per heavy atom. The second kappa shape index (κ2) is 6.77. The van der Waals surface area contributed by atoms with Crippen molar-refractivity contribution in [3.63, 3.8) is 0 Å². The van der Waals surface area contributed by atoms with Gasteiger partial charge in [0.05, 0.1) is 11.6 Å². The zero-order valence-corrected chi connectivity index (χ0v) is 11.0. The SMILES string of the molecule is CCOc1ccc(CN(CC)CC)cc1Cl. The van der Waals surface area contributed by atoms with Crippen LogP contribution >= 0.6 is 11.6 Å². The molecule has 0 aliphatic rings. The van der Waals surface area contributed by atoms with Crippen molar-refractivity contribution < 1.29 is 4.74 Å². The van der Waals surface area contributed by atoms with Crippen LogP contribution in [0, 0.1) is 0 Å². The van der Waals surface area contributed by atoms with E-state index < -0.39 is 0 Å². The molecule has 1 aromatic carbocycles. The van der Waals surface area contributed by atoms with Crippen molar-refractivity contribution >= 4 is 11.6 Å². The van der Waals surface area contributed by atoms with Gasteiger partial charge < -0.3 is 4.74 Å². The van der Waals surface area contributed by atoms with E-state index in [1.54, 1.807) is 0 Å². The first-order valence-electron chi connectivity index (χ1n) is 5.84. The zero-order valence-electron chi connectivity index (χ0n) is 10.3. The summed E-state index contributed by atoms with van der Waals surface area (Å²) in [4.78, 5) is 2.35. The molecule has 3 heteroatoms. The van der Waals surface area contributed by atoms with Gasteiger partial charge in [-0.3, -0.25) is 4.90 Å². The van der Waals surface area contributed by atoms with Crippen LogP contribution in [0.4, 0.5) is 0 Å². The molecule has 0 aliphatic carbocycles.